The minimum atomic E-state index is -0.256. The maximum atomic E-state index is 12.2. The Morgan fingerprint density at radius 1 is 1.18 bits per heavy atom. The molecule has 0 aliphatic rings. The van der Waals surface area contributed by atoms with E-state index in [9.17, 15) is 4.39 Å². The normalized spacial score (nSPS) is 7.45. The van der Waals surface area contributed by atoms with Gasteiger partial charge in [0.25, 0.3) is 0 Å². The topological polar surface area (TPSA) is 0 Å². The zero-order chi connectivity index (χ0) is 8.69. The monoisotopic (exact) mass is 150 g/mol. The molecular weight excluding hydrogens is 139 g/mol. The predicted molar refractivity (Wildman–Crippen MR) is 45.7 cm³/mol. The molecular formula is C10H11F. The van der Waals surface area contributed by atoms with E-state index in [1.54, 1.807) is 12.1 Å². The van der Waals surface area contributed by atoms with Gasteiger partial charge in [0, 0.05) is 5.56 Å². The molecule has 0 saturated carbocycles. The molecule has 0 N–H and O–H groups in total. The van der Waals surface area contributed by atoms with Crippen LogP contribution in [0.3, 0.4) is 0 Å². The summed E-state index contributed by atoms with van der Waals surface area (Å²) >= 11 is 0. The third-order valence-electron chi connectivity index (χ3n) is 1.01. The standard InChI is InChI=1S/C8H5F.C2H6/c1-2-7-3-5-8(9)6-4-7;1-2/h1,3-6H;1-2H3. The van der Waals surface area contributed by atoms with Gasteiger partial charge in [-0.1, -0.05) is 19.8 Å². The van der Waals surface area contributed by atoms with E-state index in [0.717, 1.165) is 0 Å². The van der Waals surface area contributed by atoms with Crippen LogP contribution in [0.5, 0.6) is 0 Å². The highest BCUT2D eigenvalue weighted by atomic mass is 19.1. The molecule has 0 atom stereocenters. The van der Waals surface area contributed by atoms with Crippen molar-refractivity contribution in [1.82, 2.24) is 0 Å². The van der Waals surface area contributed by atoms with Crippen molar-refractivity contribution >= 4 is 0 Å². The SMILES string of the molecule is C#Cc1ccc(F)cc1.CC. The van der Waals surface area contributed by atoms with E-state index in [1.165, 1.54) is 12.1 Å². The molecule has 0 spiro atoms. The van der Waals surface area contributed by atoms with Crippen molar-refractivity contribution in [2.45, 2.75) is 13.8 Å². The van der Waals surface area contributed by atoms with E-state index in [0.29, 0.717) is 5.56 Å². The van der Waals surface area contributed by atoms with Gasteiger partial charge in [0.1, 0.15) is 5.82 Å². The van der Waals surface area contributed by atoms with E-state index < -0.39 is 0 Å². The molecule has 1 aromatic rings. The van der Waals surface area contributed by atoms with Gasteiger partial charge < -0.3 is 0 Å². The summed E-state index contributed by atoms with van der Waals surface area (Å²) in [5.74, 6) is 2.13. The van der Waals surface area contributed by atoms with Crippen LogP contribution < -0.4 is 0 Å². The molecule has 0 aliphatic heterocycles. The smallest absolute Gasteiger partial charge is 0.123 e. The fourth-order valence-corrected chi connectivity index (χ4v) is 0.546. The van der Waals surface area contributed by atoms with Crippen LogP contribution in [0.15, 0.2) is 24.3 Å². The van der Waals surface area contributed by atoms with Crippen molar-refractivity contribution in [3.63, 3.8) is 0 Å². The first-order valence-electron chi connectivity index (χ1n) is 3.55. The lowest BCUT2D eigenvalue weighted by atomic mass is 10.2. The lowest BCUT2D eigenvalue weighted by Gasteiger charge is -1.86. The molecule has 0 fully saturated rings. The van der Waals surface area contributed by atoms with Crippen LogP contribution in [-0.2, 0) is 0 Å². The lowest BCUT2D eigenvalue weighted by Crippen LogP contribution is -1.73. The van der Waals surface area contributed by atoms with E-state index in [1.807, 2.05) is 13.8 Å². The quantitative estimate of drug-likeness (QED) is 0.499. The number of benzene rings is 1. The van der Waals surface area contributed by atoms with Crippen LogP contribution in [0.25, 0.3) is 0 Å². The molecule has 0 aromatic heterocycles. The van der Waals surface area contributed by atoms with Gasteiger partial charge in [-0.05, 0) is 24.3 Å². The van der Waals surface area contributed by atoms with Gasteiger partial charge in [-0.3, -0.25) is 0 Å². The van der Waals surface area contributed by atoms with E-state index in [2.05, 4.69) is 5.92 Å². The zero-order valence-electron chi connectivity index (χ0n) is 6.76. The summed E-state index contributed by atoms with van der Waals surface area (Å²) < 4.78 is 12.2. The zero-order valence-corrected chi connectivity index (χ0v) is 6.76. The van der Waals surface area contributed by atoms with E-state index in [-0.39, 0.29) is 5.82 Å². The van der Waals surface area contributed by atoms with Crippen LogP contribution in [0.4, 0.5) is 4.39 Å². The Bertz CT molecular complexity index is 228. The summed E-state index contributed by atoms with van der Waals surface area (Å²) in [7, 11) is 0. The van der Waals surface area contributed by atoms with Crippen molar-refractivity contribution in [2.24, 2.45) is 0 Å². The summed E-state index contributed by atoms with van der Waals surface area (Å²) in [5.41, 5.74) is 0.705. The van der Waals surface area contributed by atoms with Crippen LogP contribution in [0.2, 0.25) is 0 Å². The number of terminal acetylenes is 1. The summed E-state index contributed by atoms with van der Waals surface area (Å²) in [6, 6.07) is 5.81. The van der Waals surface area contributed by atoms with E-state index in [4.69, 9.17) is 6.42 Å². The Balaban J connectivity index is 0.000000461. The Morgan fingerprint density at radius 3 is 2.00 bits per heavy atom. The Kier molecular flexibility index (Phi) is 4.85. The van der Waals surface area contributed by atoms with Gasteiger partial charge in [-0.2, -0.15) is 0 Å². The molecule has 0 radical (unpaired) electrons. The predicted octanol–water partition coefficient (Wildman–Crippen LogP) is 2.83. The maximum absolute atomic E-state index is 12.2. The number of hydrogen-bond acceptors (Lipinski definition) is 0. The summed E-state index contributed by atoms with van der Waals surface area (Å²) in [5, 5.41) is 0. The van der Waals surface area contributed by atoms with Crippen molar-refractivity contribution in [3.05, 3.63) is 35.6 Å². The Morgan fingerprint density at radius 2 is 1.64 bits per heavy atom. The first kappa shape index (κ1) is 9.71. The molecule has 0 unspecified atom stereocenters. The van der Waals surface area contributed by atoms with Gasteiger partial charge in [0.2, 0.25) is 0 Å². The van der Waals surface area contributed by atoms with Gasteiger partial charge >= 0.3 is 0 Å². The second-order valence-corrected chi connectivity index (χ2v) is 1.65. The number of rotatable bonds is 0. The van der Waals surface area contributed by atoms with Gasteiger partial charge in [-0.25, -0.2) is 4.39 Å². The minimum Gasteiger partial charge on any atom is -0.207 e. The van der Waals surface area contributed by atoms with Crippen molar-refractivity contribution in [2.75, 3.05) is 0 Å². The molecule has 0 bridgehead atoms. The molecule has 58 valence electrons. The fourth-order valence-electron chi connectivity index (χ4n) is 0.546. The lowest BCUT2D eigenvalue weighted by molar-refractivity contribution is 0.627. The minimum absolute atomic E-state index is 0.256. The summed E-state index contributed by atoms with van der Waals surface area (Å²) in [4.78, 5) is 0. The molecule has 0 heterocycles. The van der Waals surface area contributed by atoms with Gasteiger partial charge in [0.15, 0.2) is 0 Å². The molecule has 1 aromatic carbocycles. The summed E-state index contributed by atoms with van der Waals surface area (Å²) in [6.45, 7) is 4.00. The van der Waals surface area contributed by atoms with Gasteiger partial charge in [-0.15, -0.1) is 6.42 Å². The van der Waals surface area contributed by atoms with Gasteiger partial charge in [0.05, 0.1) is 0 Å². The average Bonchev–Trinajstić information content (AvgIpc) is 2.10. The second kappa shape index (κ2) is 5.49. The van der Waals surface area contributed by atoms with E-state index >= 15 is 0 Å². The maximum Gasteiger partial charge on any atom is 0.123 e. The molecule has 1 rings (SSSR count). The van der Waals surface area contributed by atoms with Crippen molar-refractivity contribution < 1.29 is 4.39 Å². The first-order chi connectivity index (χ1) is 5.33. The molecule has 0 nitrogen and oxygen atoms in total. The Labute approximate surface area is 67.1 Å². The summed E-state index contributed by atoms with van der Waals surface area (Å²) in [6.07, 6.45) is 5.03. The third kappa shape index (κ3) is 3.42. The molecule has 0 aliphatic carbocycles. The van der Waals surface area contributed by atoms with Crippen LogP contribution in [-0.4, -0.2) is 0 Å². The Hall–Kier alpha value is -1.29. The molecule has 1 heteroatoms. The highest BCUT2D eigenvalue weighted by Crippen LogP contribution is 1.99. The largest absolute Gasteiger partial charge is 0.207 e. The fraction of sp³-hybridized carbons (Fsp3) is 0.200. The first-order valence-corrected chi connectivity index (χ1v) is 3.55. The molecule has 0 saturated heterocycles. The van der Waals surface area contributed by atoms with Crippen molar-refractivity contribution in [1.29, 1.82) is 0 Å². The molecule has 11 heavy (non-hydrogen) atoms. The highest BCUT2D eigenvalue weighted by molar-refractivity contribution is 5.31. The molecule has 0 amide bonds. The third-order valence-corrected chi connectivity index (χ3v) is 1.01. The second-order valence-electron chi connectivity index (χ2n) is 1.65. The number of halogens is 1. The average molecular weight is 150 g/mol. The van der Waals surface area contributed by atoms with Crippen LogP contribution in [0, 0.1) is 18.2 Å². The highest BCUT2D eigenvalue weighted by Gasteiger charge is 1.86. The number of hydrogen-bond donors (Lipinski definition) is 0. The van der Waals surface area contributed by atoms with Crippen LogP contribution >= 0.6 is 0 Å². The van der Waals surface area contributed by atoms with Crippen LogP contribution in [0.1, 0.15) is 19.4 Å². The van der Waals surface area contributed by atoms with Crippen molar-refractivity contribution in [3.8, 4) is 12.3 Å².